The predicted molar refractivity (Wildman–Crippen MR) is 64.4 cm³/mol. The Hall–Kier alpha value is -0.730. The molecule has 0 spiro atoms. The van der Waals surface area contributed by atoms with E-state index in [0.717, 1.165) is 0 Å². The Labute approximate surface area is 100 Å². The normalized spacial score (nSPS) is 21.9. The Morgan fingerprint density at radius 3 is 2.75 bits per heavy atom. The van der Waals surface area contributed by atoms with Gasteiger partial charge >= 0.3 is 0 Å². The third kappa shape index (κ3) is 2.89. The summed E-state index contributed by atoms with van der Waals surface area (Å²) in [6.07, 6.45) is 1.21. The number of hydrogen-bond donors (Lipinski definition) is 2. The van der Waals surface area contributed by atoms with Crippen LogP contribution in [0.5, 0.6) is 0 Å². The van der Waals surface area contributed by atoms with E-state index in [1.54, 1.807) is 0 Å². The fraction of sp³-hybridized carbons (Fsp3) is 0.750. The summed E-state index contributed by atoms with van der Waals surface area (Å²) in [7, 11) is -2.07. The number of nitrogens with one attached hydrogen (secondary N) is 1. The lowest BCUT2D eigenvalue weighted by Gasteiger charge is -2.22. The molecule has 6 nitrogen and oxygen atoms in total. The van der Waals surface area contributed by atoms with Gasteiger partial charge in [0.1, 0.15) is 11.8 Å². The topological polar surface area (TPSA) is 92.5 Å². The van der Waals surface area contributed by atoms with Crippen molar-refractivity contribution in [3.05, 3.63) is 0 Å². The van der Waals surface area contributed by atoms with E-state index in [2.05, 4.69) is 17.5 Å². The van der Waals surface area contributed by atoms with Gasteiger partial charge in [-0.25, -0.2) is 8.42 Å². The van der Waals surface area contributed by atoms with E-state index in [0.29, 0.717) is 19.4 Å². The zero-order valence-corrected chi connectivity index (χ0v) is 10.6. The molecule has 1 aliphatic heterocycles. The summed E-state index contributed by atoms with van der Waals surface area (Å²) >= 11 is 4.58. The molecule has 1 rings (SSSR count). The third-order valence-electron chi connectivity index (χ3n) is 2.43. The van der Waals surface area contributed by atoms with Gasteiger partial charge in [0.2, 0.25) is 15.9 Å². The second-order valence-corrected chi connectivity index (χ2v) is 6.05. The lowest BCUT2D eigenvalue weighted by Crippen LogP contribution is -2.46. The van der Waals surface area contributed by atoms with Gasteiger partial charge in [-0.2, -0.15) is 4.31 Å². The molecule has 1 saturated heterocycles. The Bertz CT molecular complexity index is 393. The van der Waals surface area contributed by atoms with Crippen molar-refractivity contribution in [3.8, 4) is 0 Å². The average molecular weight is 265 g/mol. The number of carbonyl (C=O) groups is 1. The summed E-state index contributed by atoms with van der Waals surface area (Å²) in [5, 5.41) is 2.45. The summed E-state index contributed by atoms with van der Waals surface area (Å²) in [5.41, 5.74) is 5.23. The molecule has 0 aromatic rings. The minimum absolute atomic E-state index is 0.0810. The molecule has 1 aliphatic rings. The van der Waals surface area contributed by atoms with Gasteiger partial charge in [0.15, 0.2) is 0 Å². The van der Waals surface area contributed by atoms with Gasteiger partial charge in [-0.1, -0.05) is 12.2 Å². The Morgan fingerprint density at radius 1 is 1.62 bits per heavy atom. The lowest BCUT2D eigenvalue weighted by atomic mass is 10.2. The van der Waals surface area contributed by atoms with Gasteiger partial charge in [-0.05, 0) is 12.8 Å². The van der Waals surface area contributed by atoms with E-state index in [-0.39, 0.29) is 16.6 Å². The van der Waals surface area contributed by atoms with Crippen LogP contribution in [0.25, 0.3) is 0 Å². The number of amides is 1. The molecule has 1 heterocycles. The second-order valence-electron chi connectivity index (χ2n) is 3.61. The van der Waals surface area contributed by atoms with Crippen molar-refractivity contribution < 1.29 is 13.2 Å². The van der Waals surface area contributed by atoms with Crippen LogP contribution >= 0.6 is 12.2 Å². The Balaban J connectivity index is 2.86. The molecule has 3 N–H and O–H groups in total. The zero-order valence-electron chi connectivity index (χ0n) is 8.97. The fourth-order valence-electron chi connectivity index (χ4n) is 1.76. The molecule has 1 fully saturated rings. The first kappa shape index (κ1) is 13.3. The van der Waals surface area contributed by atoms with Crippen molar-refractivity contribution in [1.82, 2.24) is 9.62 Å². The molecule has 1 unspecified atom stereocenters. The highest BCUT2D eigenvalue weighted by Gasteiger charge is 2.38. The maximum Gasteiger partial charge on any atom is 0.238 e. The van der Waals surface area contributed by atoms with Crippen LogP contribution in [0.3, 0.4) is 0 Å². The van der Waals surface area contributed by atoms with Gasteiger partial charge in [0.05, 0.1) is 4.99 Å². The van der Waals surface area contributed by atoms with Crippen LogP contribution in [-0.2, 0) is 14.8 Å². The zero-order chi connectivity index (χ0) is 12.3. The first-order chi connectivity index (χ1) is 7.38. The van der Waals surface area contributed by atoms with Crippen LogP contribution < -0.4 is 11.1 Å². The van der Waals surface area contributed by atoms with Crippen LogP contribution in [0, 0.1) is 0 Å². The van der Waals surface area contributed by atoms with Crippen molar-refractivity contribution in [2.75, 3.05) is 19.3 Å². The standard InChI is InChI=1S/C8H15N3O3S2/c1-10-8(12)6-3-2-4-11(6)16(13,14)5-7(9)15/h6H,2-5H2,1H3,(H2,9,15)(H,10,12). The summed E-state index contributed by atoms with van der Waals surface area (Å²) in [5.74, 6) is -0.667. The maximum atomic E-state index is 11.9. The predicted octanol–water partition coefficient (Wildman–Crippen LogP) is -1.19. The van der Waals surface area contributed by atoms with Crippen LogP contribution in [0.2, 0.25) is 0 Å². The van der Waals surface area contributed by atoms with Gasteiger partial charge in [-0.3, -0.25) is 4.79 Å². The maximum absolute atomic E-state index is 11.9. The molecule has 8 heteroatoms. The van der Waals surface area contributed by atoms with Crippen molar-refractivity contribution in [3.63, 3.8) is 0 Å². The third-order valence-corrected chi connectivity index (χ3v) is 4.59. The molecule has 0 radical (unpaired) electrons. The number of hydrogen-bond acceptors (Lipinski definition) is 4. The van der Waals surface area contributed by atoms with Gasteiger partial charge in [-0.15, -0.1) is 0 Å². The summed E-state index contributed by atoms with van der Waals surface area (Å²) in [4.78, 5) is 11.4. The summed E-state index contributed by atoms with van der Waals surface area (Å²) < 4.78 is 24.9. The molecule has 0 aliphatic carbocycles. The molecule has 0 aromatic heterocycles. The van der Waals surface area contributed by atoms with Gasteiger partial charge in [0.25, 0.3) is 0 Å². The first-order valence-electron chi connectivity index (χ1n) is 4.88. The largest absolute Gasteiger partial charge is 0.392 e. The van der Waals surface area contributed by atoms with Crippen LogP contribution in [-0.4, -0.2) is 49.0 Å². The molecule has 1 amide bonds. The van der Waals surface area contributed by atoms with Crippen LogP contribution in [0.4, 0.5) is 0 Å². The highest BCUT2D eigenvalue weighted by Crippen LogP contribution is 2.21. The number of rotatable bonds is 4. The monoisotopic (exact) mass is 265 g/mol. The highest BCUT2D eigenvalue weighted by molar-refractivity contribution is 7.92. The van der Waals surface area contributed by atoms with Crippen molar-refractivity contribution in [1.29, 1.82) is 0 Å². The van der Waals surface area contributed by atoms with Crippen LogP contribution in [0.1, 0.15) is 12.8 Å². The second kappa shape index (κ2) is 5.07. The van der Waals surface area contributed by atoms with Crippen LogP contribution in [0.15, 0.2) is 0 Å². The quantitative estimate of drug-likeness (QED) is 0.624. The smallest absolute Gasteiger partial charge is 0.238 e. The SMILES string of the molecule is CNC(=O)C1CCCN1S(=O)(=O)CC(N)=S. The first-order valence-corrected chi connectivity index (χ1v) is 6.89. The Morgan fingerprint density at radius 2 is 2.25 bits per heavy atom. The minimum atomic E-state index is -3.56. The van der Waals surface area contributed by atoms with E-state index in [9.17, 15) is 13.2 Å². The molecular weight excluding hydrogens is 250 g/mol. The fourth-order valence-corrected chi connectivity index (χ4v) is 3.73. The Kier molecular flexibility index (Phi) is 4.22. The lowest BCUT2D eigenvalue weighted by molar-refractivity contribution is -0.123. The minimum Gasteiger partial charge on any atom is -0.392 e. The van der Waals surface area contributed by atoms with E-state index in [1.165, 1.54) is 11.4 Å². The van der Waals surface area contributed by atoms with Crippen molar-refractivity contribution >= 4 is 33.1 Å². The number of likely N-dealkylation sites (N-methyl/N-ethyl adjacent to an activating group) is 1. The number of nitrogens with zero attached hydrogens (tertiary/aromatic N) is 1. The van der Waals surface area contributed by atoms with Crippen molar-refractivity contribution in [2.24, 2.45) is 5.73 Å². The number of nitrogens with two attached hydrogens (primary N) is 1. The van der Waals surface area contributed by atoms with E-state index in [4.69, 9.17) is 5.73 Å². The van der Waals surface area contributed by atoms with E-state index in [1.807, 2.05) is 0 Å². The molecule has 1 atom stereocenters. The number of thiocarbonyl (C=S) groups is 1. The summed E-state index contributed by atoms with van der Waals surface area (Å²) in [6, 6.07) is -0.621. The molecule has 92 valence electrons. The van der Waals surface area contributed by atoms with Crippen molar-refractivity contribution in [2.45, 2.75) is 18.9 Å². The molecule has 16 heavy (non-hydrogen) atoms. The van der Waals surface area contributed by atoms with Gasteiger partial charge < -0.3 is 11.1 Å². The van der Waals surface area contributed by atoms with E-state index >= 15 is 0 Å². The molecular formula is C8H15N3O3S2. The number of carbonyl (C=O) groups excluding carboxylic acids is 1. The van der Waals surface area contributed by atoms with Gasteiger partial charge in [0, 0.05) is 13.6 Å². The summed E-state index contributed by atoms with van der Waals surface area (Å²) in [6.45, 7) is 0.350. The van der Waals surface area contributed by atoms with E-state index < -0.39 is 16.1 Å². The average Bonchev–Trinajstić information content (AvgIpc) is 2.63. The molecule has 0 saturated carbocycles. The molecule has 0 aromatic carbocycles. The number of sulfonamides is 1. The highest BCUT2D eigenvalue weighted by atomic mass is 32.2. The molecule has 0 bridgehead atoms.